The van der Waals surface area contributed by atoms with Crippen LogP contribution in [0.4, 0.5) is 4.39 Å². The predicted octanol–water partition coefficient (Wildman–Crippen LogP) is 1.36. The molecule has 19 heavy (non-hydrogen) atoms. The highest BCUT2D eigenvalue weighted by Gasteiger charge is 2.33. The van der Waals surface area contributed by atoms with Gasteiger partial charge in [-0.05, 0) is 12.5 Å². The number of carbonyl (C=O) groups is 1. The van der Waals surface area contributed by atoms with Gasteiger partial charge >= 0.3 is 0 Å². The van der Waals surface area contributed by atoms with Crippen LogP contribution >= 0.6 is 0 Å². The fraction of sp³-hybridized carbons (Fsp3) is 0.462. The van der Waals surface area contributed by atoms with Gasteiger partial charge in [0.05, 0.1) is 11.5 Å². The van der Waals surface area contributed by atoms with Crippen LogP contribution in [-0.4, -0.2) is 36.8 Å². The molecular formula is C13H16FNO3S. The van der Waals surface area contributed by atoms with E-state index in [0.29, 0.717) is 12.0 Å². The quantitative estimate of drug-likeness (QED) is 0.842. The molecule has 6 heteroatoms. The lowest BCUT2D eigenvalue weighted by Crippen LogP contribution is -2.39. The molecule has 0 bridgehead atoms. The van der Waals surface area contributed by atoms with Gasteiger partial charge in [0, 0.05) is 25.1 Å². The largest absolute Gasteiger partial charge is 0.334 e. The maximum atomic E-state index is 13.6. The third-order valence-corrected chi connectivity index (χ3v) is 5.10. The highest BCUT2D eigenvalue weighted by molar-refractivity contribution is 7.91. The summed E-state index contributed by atoms with van der Waals surface area (Å²) < 4.78 is 36.5. The zero-order valence-electron chi connectivity index (χ0n) is 10.7. The second-order valence-corrected chi connectivity index (χ2v) is 7.02. The minimum atomic E-state index is -3.06. The van der Waals surface area contributed by atoms with Crippen molar-refractivity contribution in [3.8, 4) is 0 Å². The summed E-state index contributed by atoms with van der Waals surface area (Å²) in [5, 5.41) is 0. The average molecular weight is 285 g/mol. The topological polar surface area (TPSA) is 54.5 Å². The van der Waals surface area contributed by atoms with E-state index in [1.165, 1.54) is 17.9 Å². The van der Waals surface area contributed by atoms with Crippen LogP contribution in [0, 0.1) is 5.82 Å². The van der Waals surface area contributed by atoms with Crippen LogP contribution in [0.3, 0.4) is 0 Å². The van der Waals surface area contributed by atoms with Crippen LogP contribution in [0.2, 0.25) is 0 Å². The van der Waals surface area contributed by atoms with Crippen molar-refractivity contribution in [2.75, 3.05) is 11.5 Å². The molecule has 0 spiro atoms. The van der Waals surface area contributed by atoms with Crippen LogP contribution < -0.4 is 0 Å². The van der Waals surface area contributed by atoms with Gasteiger partial charge in [0.15, 0.2) is 9.84 Å². The molecule has 104 valence electrons. The minimum absolute atomic E-state index is 0.0268. The van der Waals surface area contributed by atoms with Gasteiger partial charge in [-0.25, -0.2) is 12.8 Å². The van der Waals surface area contributed by atoms with E-state index in [9.17, 15) is 17.6 Å². The first-order valence-electron chi connectivity index (χ1n) is 6.10. The minimum Gasteiger partial charge on any atom is -0.334 e. The predicted molar refractivity (Wildman–Crippen MR) is 69.7 cm³/mol. The maximum absolute atomic E-state index is 13.6. The number of hydrogen-bond acceptors (Lipinski definition) is 3. The molecule has 1 saturated heterocycles. The lowest BCUT2D eigenvalue weighted by molar-refractivity contribution is -0.131. The van der Waals surface area contributed by atoms with E-state index in [-0.39, 0.29) is 35.8 Å². The normalized spacial score (nSPS) is 21.3. The van der Waals surface area contributed by atoms with Gasteiger partial charge in [0.2, 0.25) is 5.91 Å². The summed E-state index contributed by atoms with van der Waals surface area (Å²) in [5.74, 6) is -0.542. The summed E-state index contributed by atoms with van der Waals surface area (Å²) in [6.45, 7) is 1.49. The van der Waals surface area contributed by atoms with Crippen molar-refractivity contribution in [2.45, 2.75) is 25.9 Å². The zero-order chi connectivity index (χ0) is 14.0. The highest BCUT2D eigenvalue weighted by atomic mass is 32.2. The monoisotopic (exact) mass is 285 g/mol. The van der Waals surface area contributed by atoms with Crippen molar-refractivity contribution in [2.24, 2.45) is 0 Å². The van der Waals surface area contributed by atoms with Gasteiger partial charge in [-0.3, -0.25) is 4.79 Å². The molecule has 0 N–H and O–H groups in total. The number of nitrogens with zero attached hydrogens (tertiary/aromatic N) is 1. The number of carbonyl (C=O) groups excluding carboxylic acids is 1. The smallest absolute Gasteiger partial charge is 0.220 e. The van der Waals surface area contributed by atoms with Crippen molar-refractivity contribution in [1.82, 2.24) is 4.90 Å². The van der Waals surface area contributed by atoms with Gasteiger partial charge in [-0.2, -0.15) is 0 Å². The summed E-state index contributed by atoms with van der Waals surface area (Å²) >= 11 is 0. The molecule has 1 atom stereocenters. The second kappa shape index (κ2) is 5.28. The lowest BCUT2D eigenvalue weighted by Gasteiger charge is -2.27. The first-order chi connectivity index (χ1) is 8.89. The molecule has 2 rings (SSSR count). The van der Waals surface area contributed by atoms with E-state index >= 15 is 0 Å². The Morgan fingerprint density at radius 1 is 1.42 bits per heavy atom. The van der Waals surface area contributed by atoms with Gasteiger partial charge in [-0.1, -0.05) is 18.2 Å². The van der Waals surface area contributed by atoms with E-state index in [0.717, 1.165) is 0 Å². The van der Waals surface area contributed by atoms with E-state index in [1.54, 1.807) is 18.2 Å². The SMILES string of the molecule is CC(=O)N(Cc1ccccc1F)C1CCS(=O)(=O)C1. The van der Waals surface area contributed by atoms with Gasteiger partial charge in [0.1, 0.15) is 5.82 Å². The molecule has 1 aliphatic rings. The van der Waals surface area contributed by atoms with Gasteiger partial charge in [0.25, 0.3) is 0 Å². The summed E-state index contributed by atoms with van der Waals surface area (Å²) in [6.07, 6.45) is 0.427. The van der Waals surface area contributed by atoms with Crippen molar-refractivity contribution in [3.05, 3.63) is 35.6 Å². The Morgan fingerprint density at radius 3 is 2.63 bits per heavy atom. The van der Waals surface area contributed by atoms with Crippen LogP contribution in [-0.2, 0) is 21.2 Å². The third kappa shape index (κ3) is 3.32. The Bertz CT molecular complexity index is 585. The molecule has 1 aromatic rings. The Kier molecular flexibility index (Phi) is 3.89. The number of amides is 1. The number of hydrogen-bond donors (Lipinski definition) is 0. The summed E-state index contributed by atoms with van der Waals surface area (Å²) in [6, 6.07) is 5.87. The Hall–Kier alpha value is -1.43. The van der Waals surface area contributed by atoms with Crippen molar-refractivity contribution in [3.63, 3.8) is 0 Å². The van der Waals surface area contributed by atoms with E-state index < -0.39 is 9.84 Å². The number of halogens is 1. The molecule has 0 aliphatic carbocycles. The molecule has 4 nitrogen and oxygen atoms in total. The Labute approximate surface area is 112 Å². The number of rotatable bonds is 3. The van der Waals surface area contributed by atoms with Crippen LogP contribution in [0.1, 0.15) is 18.9 Å². The molecule has 0 radical (unpaired) electrons. The molecule has 1 aliphatic heterocycles. The fourth-order valence-electron chi connectivity index (χ4n) is 2.33. The first kappa shape index (κ1) is 14.0. The third-order valence-electron chi connectivity index (χ3n) is 3.35. The summed E-state index contributed by atoms with van der Waals surface area (Å²) in [4.78, 5) is 13.1. The van der Waals surface area contributed by atoms with Crippen molar-refractivity contribution >= 4 is 15.7 Å². The Morgan fingerprint density at radius 2 is 2.11 bits per heavy atom. The molecular weight excluding hydrogens is 269 g/mol. The summed E-state index contributed by atoms with van der Waals surface area (Å²) in [7, 11) is -3.06. The standard InChI is InChI=1S/C13H16FNO3S/c1-10(16)15(12-6-7-19(17,18)9-12)8-11-4-2-3-5-13(11)14/h2-5,12H,6-9H2,1H3. The number of sulfone groups is 1. The molecule has 0 saturated carbocycles. The van der Waals surface area contributed by atoms with Gasteiger partial charge < -0.3 is 4.90 Å². The van der Waals surface area contributed by atoms with Crippen molar-refractivity contribution in [1.29, 1.82) is 0 Å². The number of benzene rings is 1. The molecule has 1 amide bonds. The summed E-state index contributed by atoms with van der Waals surface area (Å²) in [5.41, 5.74) is 0.405. The first-order valence-corrected chi connectivity index (χ1v) is 7.92. The zero-order valence-corrected chi connectivity index (χ0v) is 11.5. The molecule has 0 aromatic heterocycles. The molecule has 1 aromatic carbocycles. The van der Waals surface area contributed by atoms with E-state index in [2.05, 4.69) is 0 Å². The van der Waals surface area contributed by atoms with E-state index in [4.69, 9.17) is 0 Å². The van der Waals surface area contributed by atoms with Gasteiger partial charge in [-0.15, -0.1) is 0 Å². The highest BCUT2D eigenvalue weighted by Crippen LogP contribution is 2.21. The van der Waals surface area contributed by atoms with Crippen LogP contribution in [0.25, 0.3) is 0 Å². The Balaban J connectivity index is 2.18. The maximum Gasteiger partial charge on any atom is 0.220 e. The lowest BCUT2D eigenvalue weighted by atomic mass is 10.1. The molecule has 1 heterocycles. The molecule has 1 fully saturated rings. The van der Waals surface area contributed by atoms with E-state index in [1.807, 2.05) is 0 Å². The average Bonchev–Trinajstić information content (AvgIpc) is 2.68. The van der Waals surface area contributed by atoms with Crippen molar-refractivity contribution < 1.29 is 17.6 Å². The van der Waals surface area contributed by atoms with Crippen LogP contribution in [0.5, 0.6) is 0 Å². The molecule has 1 unspecified atom stereocenters. The fourth-order valence-corrected chi connectivity index (χ4v) is 4.06. The van der Waals surface area contributed by atoms with Crippen LogP contribution in [0.15, 0.2) is 24.3 Å². The second-order valence-electron chi connectivity index (χ2n) is 4.80.